The number of piperazine rings is 1. The third kappa shape index (κ3) is 3.88. The van der Waals surface area contributed by atoms with Gasteiger partial charge >= 0.3 is 0 Å². The van der Waals surface area contributed by atoms with Crippen LogP contribution in [0.2, 0.25) is 0 Å². The fourth-order valence-electron chi connectivity index (χ4n) is 3.02. The Morgan fingerprint density at radius 3 is 2.50 bits per heavy atom. The molecule has 18 heavy (non-hydrogen) atoms. The normalized spacial score (nSPS) is 26.2. The van der Waals surface area contributed by atoms with E-state index in [1.807, 2.05) is 11.8 Å². The maximum Gasteiger partial charge on any atom is 0.0304 e. The van der Waals surface area contributed by atoms with Crippen LogP contribution in [0.25, 0.3) is 0 Å². The van der Waals surface area contributed by atoms with Crippen LogP contribution in [0.3, 0.4) is 0 Å². The average molecular weight is 273 g/mol. The van der Waals surface area contributed by atoms with Gasteiger partial charge in [-0.15, -0.1) is 0 Å². The lowest BCUT2D eigenvalue weighted by atomic mass is 9.85. The average Bonchev–Trinajstić information content (AvgIpc) is 2.43. The molecule has 1 rings (SSSR count). The first-order valence-electron chi connectivity index (χ1n) is 7.60. The Bertz CT molecular complexity index is 229. The Hall–Kier alpha value is 0.270. The van der Waals surface area contributed by atoms with Crippen LogP contribution in [0.4, 0.5) is 0 Å². The van der Waals surface area contributed by atoms with Crippen LogP contribution in [-0.4, -0.2) is 48.1 Å². The van der Waals surface area contributed by atoms with Gasteiger partial charge in [0.15, 0.2) is 0 Å². The van der Waals surface area contributed by atoms with Gasteiger partial charge in [-0.3, -0.25) is 4.90 Å². The molecule has 108 valence electrons. The van der Waals surface area contributed by atoms with Crippen molar-refractivity contribution < 1.29 is 0 Å². The molecule has 1 aliphatic rings. The summed E-state index contributed by atoms with van der Waals surface area (Å²) in [4.78, 5) is 2.76. The highest BCUT2D eigenvalue weighted by Crippen LogP contribution is 2.26. The van der Waals surface area contributed by atoms with Crippen molar-refractivity contribution in [3.05, 3.63) is 0 Å². The zero-order valence-electron chi connectivity index (χ0n) is 13.0. The first kappa shape index (κ1) is 16.3. The molecule has 2 unspecified atom stereocenters. The molecule has 1 N–H and O–H groups in total. The Labute approximate surface area is 118 Å². The molecule has 0 aromatic rings. The predicted octanol–water partition coefficient (Wildman–Crippen LogP) is 3.23. The topological polar surface area (TPSA) is 15.3 Å². The lowest BCUT2D eigenvalue weighted by Gasteiger charge is -2.49. The summed E-state index contributed by atoms with van der Waals surface area (Å²) in [5, 5.41) is 3.86. The molecule has 2 nitrogen and oxygen atoms in total. The van der Waals surface area contributed by atoms with Gasteiger partial charge in [-0.25, -0.2) is 0 Å². The predicted molar refractivity (Wildman–Crippen MR) is 84.5 cm³/mol. The third-order valence-corrected chi connectivity index (χ3v) is 5.49. The molecule has 1 saturated heterocycles. The highest BCUT2D eigenvalue weighted by atomic mass is 32.2. The zero-order chi connectivity index (χ0) is 13.6. The minimum Gasteiger partial charge on any atom is -0.308 e. The van der Waals surface area contributed by atoms with Gasteiger partial charge in [0.05, 0.1) is 0 Å². The van der Waals surface area contributed by atoms with Gasteiger partial charge in [0, 0.05) is 37.0 Å². The van der Waals surface area contributed by atoms with Crippen LogP contribution in [0, 0.1) is 5.92 Å². The molecule has 0 bridgehead atoms. The second-order valence-electron chi connectivity index (χ2n) is 5.78. The molecule has 2 atom stereocenters. The van der Waals surface area contributed by atoms with Gasteiger partial charge in [-0.05, 0) is 25.0 Å². The summed E-state index contributed by atoms with van der Waals surface area (Å²) in [6, 6.07) is 0.730. The lowest BCUT2D eigenvalue weighted by molar-refractivity contribution is 0.0509. The number of nitrogens with one attached hydrogen (secondary N) is 1. The van der Waals surface area contributed by atoms with Gasteiger partial charge in [0.1, 0.15) is 0 Å². The van der Waals surface area contributed by atoms with E-state index in [0.29, 0.717) is 5.54 Å². The van der Waals surface area contributed by atoms with Crippen LogP contribution in [-0.2, 0) is 0 Å². The lowest BCUT2D eigenvalue weighted by Crippen LogP contribution is -2.65. The summed E-state index contributed by atoms with van der Waals surface area (Å²) in [5.41, 5.74) is 0.363. The maximum absolute atomic E-state index is 3.86. The van der Waals surface area contributed by atoms with Crippen molar-refractivity contribution in [1.82, 2.24) is 10.2 Å². The van der Waals surface area contributed by atoms with E-state index in [2.05, 4.69) is 44.2 Å². The monoisotopic (exact) mass is 272 g/mol. The summed E-state index contributed by atoms with van der Waals surface area (Å²) in [6.45, 7) is 13.0. The van der Waals surface area contributed by atoms with Crippen LogP contribution in [0.5, 0.6) is 0 Å². The van der Waals surface area contributed by atoms with Gasteiger partial charge in [0.2, 0.25) is 0 Å². The van der Waals surface area contributed by atoms with Crippen molar-refractivity contribution in [2.45, 2.75) is 58.5 Å². The third-order valence-electron chi connectivity index (χ3n) is 4.90. The smallest absolute Gasteiger partial charge is 0.0304 e. The van der Waals surface area contributed by atoms with Gasteiger partial charge < -0.3 is 5.32 Å². The summed E-state index contributed by atoms with van der Waals surface area (Å²) >= 11 is 1.97. The standard InChI is InChI=1S/C15H32N2S/c1-6-13(4)14-11-16-15(7-2,8-3)12-17(14)9-10-18-5/h13-14,16H,6-12H2,1-5H3. The Kier molecular flexibility index (Phi) is 7.04. The summed E-state index contributed by atoms with van der Waals surface area (Å²) in [5.74, 6) is 2.06. The molecule has 1 aliphatic heterocycles. The molecule has 1 heterocycles. The Morgan fingerprint density at radius 2 is 2.00 bits per heavy atom. The highest BCUT2D eigenvalue weighted by molar-refractivity contribution is 7.98. The number of rotatable bonds is 7. The molecule has 0 saturated carbocycles. The molecule has 0 amide bonds. The van der Waals surface area contributed by atoms with E-state index in [4.69, 9.17) is 0 Å². The van der Waals surface area contributed by atoms with Crippen molar-refractivity contribution in [2.24, 2.45) is 5.92 Å². The summed E-state index contributed by atoms with van der Waals surface area (Å²) in [7, 11) is 0. The van der Waals surface area contributed by atoms with Gasteiger partial charge in [0.25, 0.3) is 0 Å². The van der Waals surface area contributed by atoms with Crippen molar-refractivity contribution in [3.8, 4) is 0 Å². The van der Waals surface area contributed by atoms with E-state index >= 15 is 0 Å². The fraction of sp³-hybridized carbons (Fsp3) is 1.00. The van der Waals surface area contributed by atoms with Crippen LogP contribution >= 0.6 is 11.8 Å². The van der Waals surface area contributed by atoms with E-state index in [-0.39, 0.29) is 0 Å². The fourth-order valence-corrected chi connectivity index (χ4v) is 3.44. The number of nitrogens with zero attached hydrogens (tertiary/aromatic N) is 1. The van der Waals surface area contributed by atoms with Crippen molar-refractivity contribution in [2.75, 3.05) is 31.6 Å². The zero-order valence-corrected chi connectivity index (χ0v) is 13.8. The van der Waals surface area contributed by atoms with Crippen molar-refractivity contribution in [3.63, 3.8) is 0 Å². The highest BCUT2D eigenvalue weighted by Gasteiger charge is 2.37. The molecular formula is C15H32N2S. The molecule has 0 aliphatic carbocycles. The molecule has 0 spiro atoms. The van der Waals surface area contributed by atoms with Gasteiger partial charge in [-0.1, -0.05) is 34.1 Å². The Balaban J connectivity index is 2.71. The molecular weight excluding hydrogens is 240 g/mol. The molecule has 0 radical (unpaired) electrons. The van der Waals surface area contributed by atoms with E-state index in [9.17, 15) is 0 Å². The first-order valence-corrected chi connectivity index (χ1v) is 8.99. The Morgan fingerprint density at radius 1 is 1.33 bits per heavy atom. The SMILES string of the molecule is CCC(C)C1CNC(CC)(CC)CN1CCSC. The van der Waals surface area contributed by atoms with Crippen LogP contribution in [0.1, 0.15) is 47.0 Å². The minimum atomic E-state index is 0.363. The first-order chi connectivity index (χ1) is 8.62. The molecule has 3 heteroatoms. The second-order valence-corrected chi connectivity index (χ2v) is 6.77. The quantitative estimate of drug-likeness (QED) is 0.766. The van der Waals surface area contributed by atoms with E-state index < -0.39 is 0 Å². The molecule has 1 fully saturated rings. The molecule has 0 aromatic heterocycles. The van der Waals surface area contributed by atoms with E-state index in [1.165, 1.54) is 44.6 Å². The van der Waals surface area contributed by atoms with Crippen molar-refractivity contribution in [1.29, 1.82) is 0 Å². The van der Waals surface area contributed by atoms with E-state index in [0.717, 1.165) is 12.0 Å². The van der Waals surface area contributed by atoms with Gasteiger partial charge in [-0.2, -0.15) is 11.8 Å². The maximum atomic E-state index is 3.86. The van der Waals surface area contributed by atoms with Crippen LogP contribution in [0.15, 0.2) is 0 Å². The van der Waals surface area contributed by atoms with Crippen molar-refractivity contribution >= 4 is 11.8 Å². The number of hydrogen-bond acceptors (Lipinski definition) is 3. The van der Waals surface area contributed by atoms with Crippen LogP contribution < -0.4 is 5.32 Å². The largest absolute Gasteiger partial charge is 0.308 e. The molecule has 0 aromatic carbocycles. The van der Waals surface area contributed by atoms with E-state index in [1.54, 1.807) is 0 Å². The minimum absolute atomic E-state index is 0.363. The number of hydrogen-bond donors (Lipinski definition) is 1. The second kappa shape index (κ2) is 7.76. The summed E-state index contributed by atoms with van der Waals surface area (Å²) < 4.78 is 0. The number of thioether (sulfide) groups is 1. The summed E-state index contributed by atoms with van der Waals surface area (Å²) in [6.07, 6.45) is 5.99.